The molecule has 2 rings (SSSR count). The third-order valence-electron chi connectivity index (χ3n) is 3.54. The smallest absolute Gasteiger partial charge is 0.407 e. The summed E-state index contributed by atoms with van der Waals surface area (Å²) in [5, 5.41) is 2.80. The van der Waals surface area contributed by atoms with Crippen LogP contribution in [0.1, 0.15) is 42.7 Å². The Hall–Kier alpha value is -2.76. The van der Waals surface area contributed by atoms with Gasteiger partial charge in [-0.1, -0.05) is 12.1 Å². The Bertz CT molecular complexity index is 700. The van der Waals surface area contributed by atoms with E-state index < -0.39 is 11.7 Å². The fraction of sp³-hybridized carbons (Fsp3) is 0.368. The van der Waals surface area contributed by atoms with Gasteiger partial charge in [-0.05, 0) is 50.6 Å². The Labute approximate surface area is 147 Å². The molecule has 2 aromatic rings. The molecule has 0 radical (unpaired) electrons. The van der Waals surface area contributed by atoms with Crippen LogP contribution in [0.15, 0.2) is 48.8 Å². The summed E-state index contributed by atoms with van der Waals surface area (Å²) in [7, 11) is 1.35. The Morgan fingerprint density at radius 2 is 1.72 bits per heavy atom. The van der Waals surface area contributed by atoms with Crippen molar-refractivity contribution in [2.45, 2.75) is 32.4 Å². The number of amides is 1. The van der Waals surface area contributed by atoms with Gasteiger partial charge in [-0.2, -0.15) is 0 Å². The van der Waals surface area contributed by atoms with Crippen LogP contribution in [0.4, 0.5) is 4.79 Å². The minimum atomic E-state index is -0.546. The van der Waals surface area contributed by atoms with E-state index >= 15 is 0 Å². The van der Waals surface area contributed by atoms with E-state index in [0.717, 1.165) is 5.56 Å². The molecule has 1 heterocycles. The zero-order chi connectivity index (χ0) is 18.4. The van der Waals surface area contributed by atoms with E-state index in [0.29, 0.717) is 12.1 Å². The molecule has 1 aromatic heterocycles. The number of esters is 1. The van der Waals surface area contributed by atoms with Gasteiger partial charge in [-0.15, -0.1) is 0 Å². The van der Waals surface area contributed by atoms with Gasteiger partial charge in [-0.25, -0.2) is 9.59 Å². The fourth-order valence-corrected chi connectivity index (χ4v) is 2.40. The van der Waals surface area contributed by atoms with E-state index in [9.17, 15) is 9.59 Å². The molecular formula is C19H24N2O4. The Morgan fingerprint density at radius 1 is 1.12 bits per heavy atom. The third-order valence-corrected chi connectivity index (χ3v) is 3.54. The molecule has 134 valence electrons. The molecule has 0 aliphatic heterocycles. The van der Waals surface area contributed by atoms with Crippen LogP contribution < -0.4 is 5.32 Å². The second kappa shape index (κ2) is 7.88. The average molecular weight is 344 g/mol. The quantitative estimate of drug-likeness (QED) is 0.844. The van der Waals surface area contributed by atoms with Crippen LogP contribution in [0.25, 0.3) is 0 Å². The number of methoxy groups -OCH3 is 1. The van der Waals surface area contributed by atoms with Crippen LogP contribution in [0.3, 0.4) is 0 Å². The van der Waals surface area contributed by atoms with Crippen LogP contribution >= 0.6 is 0 Å². The summed E-state index contributed by atoms with van der Waals surface area (Å²) >= 11 is 0. The number of carbonyl (C=O) groups is 2. The summed E-state index contributed by atoms with van der Waals surface area (Å²) in [4.78, 5) is 23.5. The van der Waals surface area contributed by atoms with Crippen LogP contribution in [0.2, 0.25) is 0 Å². The molecule has 1 aromatic carbocycles. The van der Waals surface area contributed by atoms with Gasteiger partial charge in [0.2, 0.25) is 0 Å². The maximum absolute atomic E-state index is 11.9. The minimum absolute atomic E-state index is 0.116. The van der Waals surface area contributed by atoms with E-state index in [1.54, 1.807) is 12.1 Å². The first kappa shape index (κ1) is 18.6. The van der Waals surface area contributed by atoms with Gasteiger partial charge in [-0.3, -0.25) is 0 Å². The highest BCUT2D eigenvalue weighted by Gasteiger charge is 2.19. The van der Waals surface area contributed by atoms with E-state index in [4.69, 9.17) is 9.47 Å². The summed E-state index contributed by atoms with van der Waals surface area (Å²) in [5.41, 5.74) is 0.896. The molecule has 0 bridgehead atoms. The van der Waals surface area contributed by atoms with Crippen molar-refractivity contribution in [2.75, 3.05) is 13.7 Å². The fourth-order valence-electron chi connectivity index (χ4n) is 2.40. The molecule has 1 N–H and O–H groups in total. The van der Waals surface area contributed by atoms with Gasteiger partial charge >= 0.3 is 12.1 Å². The number of ether oxygens (including phenoxy) is 2. The summed E-state index contributed by atoms with van der Waals surface area (Å²) < 4.78 is 12.0. The van der Waals surface area contributed by atoms with Crippen molar-refractivity contribution < 1.29 is 19.1 Å². The molecule has 6 heteroatoms. The first-order valence-corrected chi connectivity index (χ1v) is 8.08. The predicted octanol–water partition coefficient (Wildman–Crippen LogP) is 3.39. The maximum atomic E-state index is 11.9. The Morgan fingerprint density at radius 3 is 2.24 bits per heavy atom. The van der Waals surface area contributed by atoms with Gasteiger partial charge in [0, 0.05) is 18.9 Å². The number of nitrogens with zero attached hydrogens (tertiary/aromatic N) is 1. The normalized spacial score (nSPS) is 12.3. The highest BCUT2D eigenvalue weighted by Crippen LogP contribution is 2.19. The van der Waals surface area contributed by atoms with Crippen molar-refractivity contribution in [3.63, 3.8) is 0 Å². The maximum Gasteiger partial charge on any atom is 0.407 e. The summed E-state index contributed by atoms with van der Waals surface area (Å²) in [5.74, 6) is -0.379. The van der Waals surface area contributed by atoms with Crippen molar-refractivity contribution in [2.24, 2.45) is 0 Å². The largest absolute Gasteiger partial charge is 0.465 e. The molecule has 25 heavy (non-hydrogen) atoms. The molecule has 1 atom stereocenters. The topological polar surface area (TPSA) is 69.6 Å². The number of hydrogen-bond donors (Lipinski definition) is 1. The van der Waals surface area contributed by atoms with Gasteiger partial charge in [0.25, 0.3) is 0 Å². The number of benzene rings is 1. The van der Waals surface area contributed by atoms with Gasteiger partial charge < -0.3 is 19.4 Å². The second-order valence-corrected chi connectivity index (χ2v) is 6.64. The number of rotatable bonds is 5. The summed E-state index contributed by atoms with van der Waals surface area (Å²) in [6.07, 6.45) is 3.39. The Kier molecular flexibility index (Phi) is 5.85. The van der Waals surface area contributed by atoms with E-state index in [2.05, 4.69) is 5.32 Å². The lowest BCUT2D eigenvalue weighted by atomic mass is 10.0. The number of alkyl carbamates (subject to hydrolysis) is 1. The van der Waals surface area contributed by atoms with E-state index in [-0.39, 0.29) is 12.0 Å². The molecule has 0 aliphatic rings. The van der Waals surface area contributed by atoms with Gasteiger partial charge in [0.05, 0.1) is 18.7 Å². The molecular weight excluding hydrogens is 320 g/mol. The number of hydrogen-bond acceptors (Lipinski definition) is 4. The molecule has 0 fully saturated rings. The molecule has 0 saturated heterocycles. The number of aromatic nitrogens is 1. The number of carbonyl (C=O) groups excluding carboxylic acids is 2. The lowest BCUT2D eigenvalue weighted by Gasteiger charge is -2.23. The summed E-state index contributed by atoms with van der Waals surface area (Å²) in [6.45, 7) is 5.83. The van der Waals surface area contributed by atoms with Crippen molar-refractivity contribution >= 4 is 12.1 Å². The van der Waals surface area contributed by atoms with Gasteiger partial charge in [0.1, 0.15) is 5.60 Å². The van der Waals surface area contributed by atoms with Crippen LogP contribution in [0.5, 0.6) is 0 Å². The first-order chi connectivity index (χ1) is 11.8. The minimum Gasteiger partial charge on any atom is -0.465 e. The van der Waals surface area contributed by atoms with Crippen LogP contribution in [0, 0.1) is 0 Å². The molecule has 0 spiro atoms. The summed E-state index contributed by atoms with van der Waals surface area (Å²) in [6, 6.07) is 10.9. The van der Waals surface area contributed by atoms with Crippen LogP contribution in [-0.4, -0.2) is 35.9 Å². The highest BCUT2D eigenvalue weighted by molar-refractivity contribution is 5.89. The standard InChI is InChI=1S/C19H24N2O4/c1-19(2,3)25-18(23)20-13-16(21-11-5-6-12-21)14-7-9-15(10-8-14)17(22)24-4/h5-12,16H,13H2,1-4H3,(H,20,23). The van der Waals surface area contributed by atoms with E-state index in [1.165, 1.54) is 7.11 Å². The zero-order valence-electron chi connectivity index (χ0n) is 15.0. The third kappa shape index (κ3) is 5.38. The molecule has 6 nitrogen and oxygen atoms in total. The average Bonchev–Trinajstić information content (AvgIpc) is 3.07. The Balaban J connectivity index is 2.14. The van der Waals surface area contributed by atoms with E-state index in [1.807, 2.05) is 62.0 Å². The lowest BCUT2D eigenvalue weighted by molar-refractivity contribution is 0.0522. The SMILES string of the molecule is COC(=O)c1ccc(C(CNC(=O)OC(C)(C)C)n2cccc2)cc1. The van der Waals surface area contributed by atoms with Crippen molar-refractivity contribution in [1.82, 2.24) is 9.88 Å². The van der Waals surface area contributed by atoms with Crippen molar-refractivity contribution in [1.29, 1.82) is 0 Å². The molecule has 1 amide bonds. The van der Waals surface area contributed by atoms with Crippen molar-refractivity contribution in [3.8, 4) is 0 Å². The zero-order valence-corrected chi connectivity index (χ0v) is 15.0. The molecule has 0 aliphatic carbocycles. The highest BCUT2D eigenvalue weighted by atomic mass is 16.6. The first-order valence-electron chi connectivity index (χ1n) is 8.08. The van der Waals surface area contributed by atoms with Crippen LogP contribution in [-0.2, 0) is 9.47 Å². The molecule has 0 saturated carbocycles. The lowest BCUT2D eigenvalue weighted by Crippen LogP contribution is -2.36. The van der Waals surface area contributed by atoms with Gasteiger partial charge in [0.15, 0.2) is 0 Å². The van der Waals surface area contributed by atoms with Crippen molar-refractivity contribution in [3.05, 3.63) is 59.9 Å². The second-order valence-electron chi connectivity index (χ2n) is 6.64. The number of nitrogens with one attached hydrogen (secondary N) is 1. The monoisotopic (exact) mass is 344 g/mol. The molecule has 1 unspecified atom stereocenters. The predicted molar refractivity (Wildman–Crippen MR) is 94.6 cm³/mol.